The lowest BCUT2D eigenvalue weighted by Crippen LogP contribution is -2.26. The molecule has 5 nitrogen and oxygen atoms in total. The lowest BCUT2D eigenvalue weighted by atomic mass is 10.2. The molecule has 0 atom stereocenters. The van der Waals surface area contributed by atoms with Crippen LogP contribution in [0.15, 0.2) is 54.9 Å². The first-order valence-corrected chi connectivity index (χ1v) is 8.53. The van der Waals surface area contributed by atoms with Crippen LogP contribution in [0.5, 0.6) is 0 Å². The van der Waals surface area contributed by atoms with Gasteiger partial charge in [0, 0.05) is 23.6 Å². The fraction of sp³-hybridized carbons (Fsp3) is 0.278. The molecule has 0 fully saturated rings. The van der Waals surface area contributed by atoms with Crippen molar-refractivity contribution in [1.29, 1.82) is 0 Å². The number of hydrogen-bond donors (Lipinski definition) is 0. The summed E-state index contributed by atoms with van der Waals surface area (Å²) in [4.78, 5) is 6.39. The first kappa shape index (κ1) is 16.5. The Morgan fingerprint density at radius 1 is 1.00 bits per heavy atom. The van der Waals surface area contributed by atoms with Gasteiger partial charge >= 0.3 is 0 Å². The molecule has 0 aliphatic heterocycles. The van der Waals surface area contributed by atoms with E-state index in [1.165, 1.54) is 0 Å². The van der Waals surface area contributed by atoms with E-state index in [1.54, 1.807) is 12.4 Å². The zero-order chi connectivity index (χ0) is 16.9. The fourth-order valence-corrected chi connectivity index (χ4v) is 2.90. The van der Waals surface area contributed by atoms with Crippen LogP contribution in [0, 0.1) is 4.77 Å². The summed E-state index contributed by atoms with van der Waals surface area (Å²) in [5, 5.41) is 4.80. The number of aromatic nitrogens is 4. The molecule has 0 saturated heterocycles. The highest BCUT2D eigenvalue weighted by molar-refractivity contribution is 7.71. The minimum absolute atomic E-state index is 0.684. The van der Waals surface area contributed by atoms with Gasteiger partial charge in [-0.1, -0.05) is 32.0 Å². The minimum Gasteiger partial charge on any atom is -0.285 e. The van der Waals surface area contributed by atoms with Crippen LogP contribution in [-0.2, 0) is 6.67 Å². The Labute approximate surface area is 147 Å². The first-order valence-electron chi connectivity index (χ1n) is 8.12. The molecule has 0 unspecified atom stereocenters. The molecule has 3 rings (SSSR count). The van der Waals surface area contributed by atoms with Gasteiger partial charge in [-0.05, 0) is 49.6 Å². The Morgan fingerprint density at radius 3 is 2.29 bits per heavy atom. The molecule has 2 heterocycles. The topological polar surface area (TPSA) is 38.9 Å². The number of nitrogens with zero attached hydrogens (tertiary/aromatic N) is 5. The molecular formula is C18H21N5S. The summed E-state index contributed by atoms with van der Waals surface area (Å²) in [5.74, 6) is 0.834. The molecule has 3 aromatic rings. The Kier molecular flexibility index (Phi) is 5.17. The number of para-hydroxylation sites is 1. The molecule has 0 amide bonds. The molecule has 6 heteroatoms. The first-order chi connectivity index (χ1) is 11.7. The van der Waals surface area contributed by atoms with Crippen LogP contribution in [0.2, 0.25) is 0 Å². The van der Waals surface area contributed by atoms with Crippen molar-refractivity contribution in [3.8, 4) is 17.1 Å². The highest BCUT2D eigenvalue weighted by Crippen LogP contribution is 2.22. The standard InChI is InChI=1S/C18H21N5S/c1-3-21(4-2)14-22-18(24)23(16-8-6-5-7-9-16)17(20-22)15-10-12-19-13-11-15/h5-13H,3-4,14H2,1-2H3. The van der Waals surface area contributed by atoms with Crippen molar-refractivity contribution >= 4 is 12.2 Å². The summed E-state index contributed by atoms with van der Waals surface area (Å²) < 4.78 is 4.61. The van der Waals surface area contributed by atoms with E-state index in [9.17, 15) is 0 Å². The van der Waals surface area contributed by atoms with E-state index >= 15 is 0 Å². The Balaban J connectivity index is 2.15. The maximum Gasteiger partial charge on any atom is 0.204 e. The molecule has 2 aromatic heterocycles. The Hall–Kier alpha value is -2.31. The van der Waals surface area contributed by atoms with Gasteiger partial charge < -0.3 is 0 Å². The zero-order valence-electron chi connectivity index (χ0n) is 14.0. The number of benzene rings is 1. The van der Waals surface area contributed by atoms with Gasteiger partial charge in [-0.3, -0.25) is 14.5 Å². The highest BCUT2D eigenvalue weighted by Gasteiger charge is 2.15. The van der Waals surface area contributed by atoms with Gasteiger partial charge in [-0.15, -0.1) is 5.10 Å². The van der Waals surface area contributed by atoms with Crippen molar-refractivity contribution in [2.75, 3.05) is 13.1 Å². The van der Waals surface area contributed by atoms with Crippen molar-refractivity contribution in [2.24, 2.45) is 0 Å². The van der Waals surface area contributed by atoms with E-state index in [2.05, 4.69) is 23.7 Å². The van der Waals surface area contributed by atoms with Crippen LogP contribution < -0.4 is 0 Å². The summed E-state index contributed by atoms with van der Waals surface area (Å²) in [5.41, 5.74) is 2.01. The molecule has 124 valence electrons. The largest absolute Gasteiger partial charge is 0.285 e. The number of rotatable bonds is 6. The molecule has 0 bridgehead atoms. The SMILES string of the molecule is CCN(CC)Cn1nc(-c2ccncc2)n(-c2ccccc2)c1=S. The lowest BCUT2D eigenvalue weighted by molar-refractivity contribution is 0.227. The summed E-state index contributed by atoms with van der Waals surface area (Å²) >= 11 is 5.73. The Bertz CT molecular complexity index is 835. The van der Waals surface area contributed by atoms with Gasteiger partial charge in [-0.25, -0.2) is 4.68 Å². The van der Waals surface area contributed by atoms with Crippen molar-refractivity contribution in [3.63, 3.8) is 0 Å². The normalized spacial score (nSPS) is 11.1. The third-order valence-electron chi connectivity index (χ3n) is 4.02. The van der Waals surface area contributed by atoms with E-state index in [0.717, 1.165) is 30.2 Å². The average Bonchev–Trinajstić information content (AvgIpc) is 2.97. The fourth-order valence-electron chi connectivity index (χ4n) is 2.61. The van der Waals surface area contributed by atoms with Crippen LogP contribution in [0.1, 0.15) is 13.8 Å². The smallest absolute Gasteiger partial charge is 0.204 e. The van der Waals surface area contributed by atoms with Crippen LogP contribution in [0.3, 0.4) is 0 Å². The van der Waals surface area contributed by atoms with E-state index < -0.39 is 0 Å². The van der Waals surface area contributed by atoms with Crippen molar-refractivity contribution in [2.45, 2.75) is 20.5 Å². The lowest BCUT2D eigenvalue weighted by Gasteiger charge is -2.17. The molecule has 0 aliphatic rings. The van der Waals surface area contributed by atoms with Gasteiger partial charge in [0.2, 0.25) is 4.77 Å². The maximum absolute atomic E-state index is 5.73. The monoisotopic (exact) mass is 339 g/mol. The maximum atomic E-state index is 5.73. The summed E-state index contributed by atoms with van der Waals surface area (Å²) in [6, 6.07) is 14.0. The van der Waals surface area contributed by atoms with Crippen LogP contribution >= 0.6 is 12.2 Å². The van der Waals surface area contributed by atoms with Crippen molar-refractivity contribution in [1.82, 2.24) is 24.2 Å². The van der Waals surface area contributed by atoms with E-state index in [-0.39, 0.29) is 0 Å². The molecule has 0 aliphatic carbocycles. The number of hydrogen-bond acceptors (Lipinski definition) is 4. The molecule has 0 spiro atoms. The van der Waals surface area contributed by atoms with Crippen LogP contribution in [0.25, 0.3) is 17.1 Å². The van der Waals surface area contributed by atoms with Crippen molar-refractivity contribution in [3.05, 3.63) is 59.6 Å². The molecular weight excluding hydrogens is 318 g/mol. The van der Waals surface area contributed by atoms with Crippen LogP contribution in [-0.4, -0.2) is 37.3 Å². The summed E-state index contributed by atoms with van der Waals surface area (Å²) in [7, 11) is 0. The quantitative estimate of drug-likeness (QED) is 0.641. The second-order valence-electron chi connectivity index (χ2n) is 5.46. The zero-order valence-corrected chi connectivity index (χ0v) is 14.8. The molecule has 0 saturated carbocycles. The van der Waals surface area contributed by atoms with Gasteiger partial charge in [0.15, 0.2) is 5.82 Å². The van der Waals surface area contributed by atoms with Crippen LogP contribution in [0.4, 0.5) is 0 Å². The van der Waals surface area contributed by atoms with Gasteiger partial charge in [0.1, 0.15) is 0 Å². The average molecular weight is 339 g/mol. The Morgan fingerprint density at radius 2 is 1.67 bits per heavy atom. The summed E-state index contributed by atoms with van der Waals surface area (Å²) in [6.45, 7) is 6.89. The molecule has 0 radical (unpaired) electrons. The van der Waals surface area contributed by atoms with Gasteiger partial charge in [0.25, 0.3) is 0 Å². The summed E-state index contributed by atoms with van der Waals surface area (Å²) in [6.07, 6.45) is 3.55. The second kappa shape index (κ2) is 7.51. The van der Waals surface area contributed by atoms with E-state index in [0.29, 0.717) is 11.4 Å². The van der Waals surface area contributed by atoms with Gasteiger partial charge in [-0.2, -0.15) is 0 Å². The highest BCUT2D eigenvalue weighted by atomic mass is 32.1. The predicted molar refractivity (Wildman–Crippen MR) is 98.5 cm³/mol. The van der Waals surface area contributed by atoms with Crippen molar-refractivity contribution < 1.29 is 0 Å². The molecule has 1 aromatic carbocycles. The number of pyridine rings is 1. The third kappa shape index (κ3) is 3.29. The van der Waals surface area contributed by atoms with E-state index in [1.807, 2.05) is 51.7 Å². The van der Waals surface area contributed by atoms with E-state index in [4.69, 9.17) is 17.3 Å². The molecule has 24 heavy (non-hydrogen) atoms. The molecule has 0 N–H and O–H groups in total. The van der Waals surface area contributed by atoms with Gasteiger partial charge in [0.05, 0.1) is 6.67 Å². The third-order valence-corrected chi connectivity index (χ3v) is 4.41. The second-order valence-corrected chi connectivity index (χ2v) is 5.82. The minimum atomic E-state index is 0.684. The predicted octanol–water partition coefficient (Wildman–Crippen LogP) is 3.76.